The summed E-state index contributed by atoms with van der Waals surface area (Å²) in [5, 5.41) is 4.66. The lowest BCUT2D eigenvalue weighted by molar-refractivity contribution is 0.613. The highest BCUT2D eigenvalue weighted by molar-refractivity contribution is 5.85. The predicted molar refractivity (Wildman–Crippen MR) is 150 cm³/mol. The van der Waals surface area contributed by atoms with Gasteiger partial charge in [0.15, 0.2) is 0 Å². The van der Waals surface area contributed by atoms with Gasteiger partial charge in [0.2, 0.25) is 5.95 Å². The van der Waals surface area contributed by atoms with Crippen LogP contribution in [0.1, 0.15) is 43.8 Å². The summed E-state index contributed by atoms with van der Waals surface area (Å²) in [5.74, 6) is 2.27. The number of aromatic nitrogens is 4. The highest BCUT2D eigenvalue weighted by atomic mass is 16.3. The topological polar surface area (TPSA) is 80.0 Å². The van der Waals surface area contributed by atoms with Crippen molar-refractivity contribution in [1.82, 2.24) is 19.9 Å². The molecule has 1 atom stereocenters. The van der Waals surface area contributed by atoms with E-state index in [0.29, 0.717) is 0 Å². The van der Waals surface area contributed by atoms with Crippen LogP contribution >= 0.6 is 0 Å². The van der Waals surface area contributed by atoms with Gasteiger partial charge in [-0.15, -0.1) is 0 Å². The lowest BCUT2D eigenvalue weighted by Gasteiger charge is -2.19. The second-order valence-electron chi connectivity index (χ2n) is 9.25. The number of nitrogens with zero attached hydrogens (tertiary/aromatic N) is 5. The summed E-state index contributed by atoms with van der Waals surface area (Å²) < 4.78 is 5.60. The van der Waals surface area contributed by atoms with Crippen LogP contribution in [0.2, 0.25) is 0 Å². The van der Waals surface area contributed by atoms with E-state index in [1.165, 1.54) is 0 Å². The standard InChI is InChI=1S/C30H32N6O/c1-6-36(7-2)30-31-16-25(17-32-30)23-10-8-9-22(13-23)20(4)33-29-15-27(34-21(5)35-29)24-11-12-28-26(14-24)19(3)18-37-28/h8-18,20H,6-7H2,1-5H3,(H,33,34,35). The summed E-state index contributed by atoms with van der Waals surface area (Å²) in [6, 6.07) is 16.7. The van der Waals surface area contributed by atoms with Gasteiger partial charge in [0, 0.05) is 54.1 Å². The molecule has 7 nitrogen and oxygen atoms in total. The smallest absolute Gasteiger partial charge is 0.225 e. The Bertz CT molecular complexity index is 1520. The normalized spacial score (nSPS) is 12.0. The van der Waals surface area contributed by atoms with Crippen molar-refractivity contribution < 1.29 is 4.42 Å². The summed E-state index contributed by atoms with van der Waals surface area (Å²) in [6.07, 6.45) is 5.58. The van der Waals surface area contributed by atoms with Crippen molar-refractivity contribution in [2.75, 3.05) is 23.3 Å². The van der Waals surface area contributed by atoms with Gasteiger partial charge in [0.25, 0.3) is 0 Å². The summed E-state index contributed by atoms with van der Waals surface area (Å²) in [7, 11) is 0. The Balaban J connectivity index is 1.37. The predicted octanol–water partition coefficient (Wildman–Crippen LogP) is 6.98. The van der Waals surface area contributed by atoms with Crippen LogP contribution in [0.25, 0.3) is 33.4 Å². The lowest BCUT2D eigenvalue weighted by atomic mass is 10.0. The van der Waals surface area contributed by atoms with Gasteiger partial charge in [-0.3, -0.25) is 0 Å². The van der Waals surface area contributed by atoms with E-state index in [4.69, 9.17) is 9.40 Å². The number of nitrogens with one attached hydrogen (secondary N) is 1. The average molecular weight is 493 g/mol. The van der Waals surface area contributed by atoms with Crippen LogP contribution in [0, 0.1) is 13.8 Å². The number of furan rings is 1. The summed E-state index contributed by atoms with van der Waals surface area (Å²) in [6.45, 7) is 12.1. The molecule has 0 saturated carbocycles. The average Bonchev–Trinajstić information content (AvgIpc) is 3.29. The van der Waals surface area contributed by atoms with Crippen molar-refractivity contribution in [3.8, 4) is 22.4 Å². The molecule has 1 unspecified atom stereocenters. The van der Waals surface area contributed by atoms with Gasteiger partial charge in [-0.05, 0) is 75.6 Å². The van der Waals surface area contributed by atoms with Crippen molar-refractivity contribution in [2.45, 2.75) is 40.7 Å². The Kier molecular flexibility index (Phi) is 6.86. The molecule has 0 bridgehead atoms. The van der Waals surface area contributed by atoms with E-state index >= 15 is 0 Å². The summed E-state index contributed by atoms with van der Waals surface area (Å²) >= 11 is 0. The maximum Gasteiger partial charge on any atom is 0.225 e. The third kappa shape index (κ3) is 5.16. The highest BCUT2D eigenvalue weighted by Crippen LogP contribution is 2.29. The number of benzene rings is 2. The molecule has 1 N–H and O–H groups in total. The zero-order valence-electron chi connectivity index (χ0n) is 22.0. The summed E-state index contributed by atoms with van der Waals surface area (Å²) in [4.78, 5) is 20.7. The van der Waals surface area contributed by atoms with Gasteiger partial charge in [-0.1, -0.05) is 18.2 Å². The Labute approximate surface area is 217 Å². The number of hydrogen-bond acceptors (Lipinski definition) is 7. The van der Waals surface area contributed by atoms with E-state index in [9.17, 15) is 0 Å². The zero-order chi connectivity index (χ0) is 25.9. The monoisotopic (exact) mass is 492 g/mol. The molecule has 188 valence electrons. The highest BCUT2D eigenvalue weighted by Gasteiger charge is 2.13. The van der Waals surface area contributed by atoms with E-state index in [0.717, 1.165) is 75.2 Å². The second kappa shape index (κ2) is 10.4. The van der Waals surface area contributed by atoms with Crippen LogP contribution < -0.4 is 10.2 Å². The maximum atomic E-state index is 5.60. The fraction of sp³-hybridized carbons (Fsp3) is 0.267. The van der Waals surface area contributed by atoms with Crippen molar-refractivity contribution in [3.63, 3.8) is 0 Å². The van der Waals surface area contributed by atoms with Gasteiger partial charge in [0.05, 0.1) is 12.0 Å². The van der Waals surface area contributed by atoms with Crippen molar-refractivity contribution in [1.29, 1.82) is 0 Å². The molecule has 0 aliphatic rings. The molecule has 0 aliphatic carbocycles. The molecule has 0 aliphatic heterocycles. The third-order valence-corrected chi connectivity index (χ3v) is 6.67. The van der Waals surface area contributed by atoms with Gasteiger partial charge in [0.1, 0.15) is 17.2 Å². The van der Waals surface area contributed by atoms with Crippen molar-refractivity contribution >= 4 is 22.7 Å². The number of anilines is 2. The van der Waals surface area contributed by atoms with Gasteiger partial charge < -0.3 is 14.6 Å². The van der Waals surface area contributed by atoms with E-state index < -0.39 is 0 Å². The van der Waals surface area contributed by atoms with Crippen LogP contribution in [0.4, 0.5) is 11.8 Å². The minimum atomic E-state index is 0.0385. The molecule has 5 rings (SSSR count). The Morgan fingerprint density at radius 1 is 0.892 bits per heavy atom. The van der Waals surface area contributed by atoms with Crippen LogP contribution in [0.15, 0.2) is 71.6 Å². The Morgan fingerprint density at radius 3 is 2.43 bits per heavy atom. The number of hydrogen-bond donors (Lipinski definition) is 1. The molecule has 0 amide bonds. The minimum absolute atomic E-state index is 0.0385. The quantitative estimate of drug-likeness (QED) is 0.250. The fourth-order valence-corrected chi connectivity index (χ4v) is 4.54. The lowest BCUT2D eigenvalue weighted by Crippen LogP contribution is -2.23. The van der Waals surface area contributed by atoms with E-state index in [2.05, 4.69) is 83.2 Å². The molecule has 3 heterocycles. The molecule has 0 saturated heterocycles. The fourth-order valence-electron chi connectivity index (χ4n) is 4.54. The molecule has 7 heteroatoms. The molecular weight excluding hydrogens is 460 g/mol. The number of aryl methyl sites for hydroxylation is 2. The first-order chi connectivity index (χ1) is 17.9. The van der Waals surface area contributed by atoms with Gasteiger partial charge in [-0.25, -0.2) is 19.9 Å². The first-order valence-corrected chi connectivity index (χ1v) is 12.7. The first kappa shape index (κ1) is 24.4. The van der Waals surface area contributed by atoms with Crippen LogP contribution in [-0.4, -0.2) is 33.0 Å². The van der Waals surface area contributed by atoms with Crippen LogP contribution in [0.5, 0.6) is 0 Å². The largest absolute Gasteiger partial charge is 0.464 e. The number of rotatable bonds is 8. The van der Waals surface area contributed by atoms with Gasteiger partial charge in [-0.2, -0.15) is 0 Å². The molecule has 37 heavy (non-hydrogen) atoms. The second-order valence-corrected chi connectivity index (χ2v) is 9.25. The van der Waals surface area contributed by atoms with Crippen LogP contribution in [0.3, 0.4) is 0 Å². The first-order valence-electron chi connectivity index (χ1n) is 12.7. The molecule has 0 spiro atoms. The zero-order valence-corrected chi connectivity index (χ0v) is 22.0. The van der Waals surface area contributed by atoms with E-state index in [-0.39, 0.29) is 6.04 Å². The van der Waals surface area contributed by atoms with Crippen molar-refractivity contribution in [2.24, 2.45) is 0 Å². The molecule has 2 aromatic carbocycles. The van der Waals surface area contributed by atoms with Crippen molar-refractivity contribution in [3.05, 3.63) is 84.1 Å². The van der Waals surface area contributed by atoms with Crippen LogP contribution in [-0.2, 0) is 0 Å². The Morgan fingerprint density at radius 2 is 1.68 bits per heavy atom. The summed E-state index contributed by atoms with van der Waals surface area (Å²) in [5.41, 5.74) is 7.14. The number of fused-ring (bicyclic) bond motifs is 1. The molecule has 0 fully saturated rings. The van der Waals surface area contributed by atoms with Gasteiger partial charge >= 0.3 is 0 Å². The van der Waals surface area contributed by atoms with E-state index in [1.807, 2.05) is 37.5 Å². The molecular formula is C30H32N6O. The molecule has 0 radical (unpaired) electrons. The molecule has 3 aromatic heterocycles. The van der Waals surface area contributed by atoms with E-state index in [1.54, 1.807) is 6.26 Å². The Hall–Kier alpha value is -4.26. The molecule has 5 aromatic rings. The maximum absolute atomic E-state index is 5.60. The SMILES string of the molecule is CCN(CC)c1ncc(-c2cccc(C(C)Nc3cc(-c4ccc5occ(C)c5c4)nc(C)n3)c2)cn1. The minimum Gasteiger partial charge on any atom is -0.464 e. The third-order valence-electron chi connectivity index (χ3n) is 6.67.